The number of aryl methyl sites for hydroxylation is 1. The summed E-state index contributed by atoms with van der Waals surface area (Å²) >= 11 is 0. The molecular weight excluding hydrogens is 224 g/mol. The molecule has 18 heavy (non-hydrogen) atoms. The average Bonchev–Trinajstić information content (AvgIpc) is 2.30. The molecule has 0 aliphatic carbocycles. The number of ketones is 1. The van der Waals surface area contributed by atoms with Gasteiger partial charge < -0.3 is 5.11 Å². The fourth-order valence-electron chi connectivity index (χ4n) is 2.23. The number of rotatable bonds is 6. The van der Waals surface area contributed by atoms with E-state index in [9.17, 15) is 9.90 Å². The number of hydrogen-bond donors (Lipinski definition) is 1. The summed E-state index contributed by atoms with van der Waals surface area (Å²) < 4.78 is 0. The Morgan fingerprint density at radius 3 is 2.28 bits per heavy atom. The van der Waals surface area contributed by atoms with Crippen molar-refractivity contribution in [2.24, 2.45) is 0 Å². The smallest absolute Gasteiger partial charge is 0.194 e. The maximum Gasteiger partial charge on any atom is 0.194 e. The van der Waals surface area contributed by atoms with Crippen molar-refractivity contribution in [1.29, 1.82) is 0 Å². The van der Waals surface area contributed by atoms with E-state index in [1.807, 2.05) is 12.1 Å². The molecule has 1 aromatic carbocycles. The number of hydrogen-bond acceptors (Lipinski definition) is 2. The minimum absolute atomic E-state index is 0.177. The molecule has 0 spiro atoms. The molecule has 0 aliphatic rings. The summed E-state index contributed by atoms with van der Waals surface area (Å²) in [5, 5.41) is 9.90. The first-order valence-electron chi connectivity index (χ1n) is 6.79. The zero-order valence-corrected chi connectivity index (χ0v) is 11.9. The van der Waals surface area contributed by atoms with Gasteiger partial charge in [-0.15, -0.1) is 0 Å². The number of carbonyl (C=O) groups excluding carboxylic acids is 1. The lowest BCUT2D eigenvalue weighted by atomic mass is 9.88. The van der Waals surface area contributed by atoms with Gasteiger partial charge in [-0.3, -0.25) is 4.79 Å². The lowest BCUT2D eigenvalue weighted by Crippen LogP contribution is -2.32. The fraction of sp³-hybridized carbons (Fsp3) is 0.562. The van der Waals surface area contributed by atoms with E-state index in [1.54, 1.807) is 13.8 Å². The van der Waals surface area contributed by atoms with E-state index < -0.39 is 5.60 Å². The zero-order valence-electron chi connectivity index (χ0n) is 11.9. The van der Waals surface area contributed by atoms with Gasteiger partial charge in [0.15, 0.2) is 5.78 Å². The molecule has 0 bridgehead atoms. The first-order chi connectivity index (χ1) is 8.41. The van der Waals surface area contributed by atoms with Crippen LogP contribution in [0.25, 0.3) is 0 Å². The van der Waals surface area contributed by atoms with Crippen molar-refractivity contribution in [2.75, 3.05) is 0 Å². The predicted molar refractivity (Wildman–Crippen MR) is 75.1 cm³/mol. The third-order valence-electron chi connectivity index (χ3n) is 3.09. The van der Waals surface area contributed by atoms with Gasteiger partial charge in [0, 0.05) is 5.56 Å². The van der Waals surface area contributed by atoms with E-state index >= 15 is 0 Å². The molecule has 1 N–H and O–H groups in total. The SMILES string of the molecule is CCCc1cccc(C(=O)C(C)(C)O)c1CCC. The Morgan fingerprint density at radius 2 is 1.78 bits per heavy atom. The maximum absolute atomic E-state index is 12.3. The van der Waals surface area contributed by atoms with E-state index in [4.69, 9.17) is 0 Å². The third kappa shape index (κ3) is 3.42. The molecule has 0 aliphatic heterocycles. The van der Waals surface area contributed by atoms with Crippen molar-refractivity contribution in [2.45, 2.75) is 59.0 Å². The largest absolute Gasteiger partial charge is 0.382 e. The molecule has 0 fully saturated rings. The van der Waals surface area contributed by atoms with Crippen molar-refractivity contribution in [3.05, 3.63) is 34.9 Å². The highest BCUT2D eigenvalue weighted by Gasteiger charge is 2.27. The number of aliphatic hydroxyl groups is 1. The molecule has 0 heterocycles. The van der Waals surface area contributed by atoms with Crippen LogP contribution in [-0.2, 0) is 12.8 Å². The minimum Gasteiger partial charge on any atom is -0.382 e. The summed E-state index contributed by atoms with van der Waals surface area (Å²) in [7, 11) is 0. The van der Waals surface area contributed by atoms with E-state index in [-0.39, 0.29) is 5.78 Å². The van der Waals surface area contributed by atoms with E-state index in [2.05, 4.69) is 19.9 Å². The van der Waals surface area contributed by atoms with E-state index in [1.165, 1.54) is 5.56 Å². The van der Waals surface area contributed by atoms with Gasteiger partial charge in [0.1, 0.15) is 5.60 Å². The van der Waals surface area contributed by atoms with Gasteiger partial charge in [0.25, 0.3) is 0 Å². The monoisotopic (exact) mass is 248 g/mol. The van der Waals surface area contributed by atoms with Gasteiger partial charge in [0.2, 0.25) is 0 Å². The second-order valence-electron chi connectivity index (χ2n) is 5.33. The molecule has 0 amide bonds. The van der Waals surface area contributed by atoms with Crippen LogP contribution < -0.4 is 0 Å². The van der Waals surface area contributed by atoms with Crippen molar-refractivity contribution in [1.82, 2.24) is 0 Å². The van der Waals surface area contributed by atoms with E-state index in [0.29, 0.717) is 5.56 Å². The summed E-state index contributed by atoms with van der Waals surface area (Å²) in [4.78, 5) is 12.3. The van der Waals surface area contributed by atoms with E-state index in [0.717, 1.165) is 31.2 Å². The average molecular weight is 248 g/mol. The van der Waals surface area contributed by atoms with Gasteiger partial charge >= 0.3 is 0 Å². The highest BCUT2D eigenvalue weighted by Crippen LogP contribution is 2.22. The topological polar surface area (TPSA) is 37.3 Å². The Kier molecular flexibility index (Phi) is 5.09. The fourth-order valence-corrected chi connectivity index (χ4v) is 2.23. The summed E-state index contributed by atoms with van der Waals surface area (Å²) in [5.41, 5.74) is 1.76. The Hall–Kier alpha value is -1.15. The summed E-state index contributed by atoms with van der Waals surface area (Å²) in [6.07, 6.45) is 3.96. The van der Waals surface area contributed by atoms with Gasteiger partial charge in [-0.1, -0.05) is 44.9 Å². The highest BCUT2D eigenvalue weighted by molar-refractivity contribution is 6.03. The van der Waals surface area contributed by atoms with Crippen LogP contribution in [0.5, 0.6) is 0 Å². The summed E-state index contributed by atoms with van der Waals surface area (Å²) in [6, 6.07) is 5.85. The Labute approximate surface area is 110 Å². The number of carbonyl (C=O) groups is 1. The van der Waals surface area contributed by atoms with Crippen molar-refractivity contribution in [3.63, 3.8) is 0 Å². The second kappa shape index (κ2) is 6.14. The first kappa shape index (κ1) is 14.9. The van der Waals surface area contributed by atoms with Gasteiger partial charge in [0.05, 0.1) is 0 Å². The Bertz CT molecular complexity index is 414. The summed E-state index contributed by atoms with van der Waals surface area (Å²) in [6.45, 7) is 7.36. The predicted octanol–water partition coefficient (Wildman–Crippen LogP) is 3.55. The van der Waals surface area contributed by atoms with Gasteiger partial charge in [-0.05, 0) is 37.8 Å². The summed E-state index contributed by atoms with van der Waals surface area (Å²) in [5.74, 6) is -0.177. The Balaban J connectivity index is 3.26. The van der Waals surface area contributed by atoms with Crippen molar-refractivity contribution >= 4 is 5.78 Å². The number of Topliss-reactive ketones (excluding diaryl/α,β-unsaturated/α-hetero) is 1. The standard InChI is InChI=1S/C16H24O2/c1-5-8-12-10-7-11-14(13(12)9-6-2)15(17)16(3,4)18/h7,10-11,18H,5-6,8-9H2,1-4H3. The van der Waals surface area contributed by atoms with Crippen LogP contribution in [0, 0.1) is 0 Å². The second-order valence-corrected chi connectivity index (χ2v) is 5.33. The molecule has 0 radical (unpaired) electrons. The maximum atomic E-state index is 12.3. The molecular formula is C16H24O2. The van der Waals surface area contributed by atoms with Crippen LogP contribution in [0.15, 0.2) is 18.2 Å². The third-order valence-corrected chi connectivity index (χ3v) is 3.09. The van der Waals surface area contributed by atoms with Gasteiger partial charge in [-0.2, -0.15) is 0 Å². The lowest BCUT2D eigenvalue weighted by Gasteiger charge is -2.20. The molecule has 2 nitrogen and oxygen atoms in total. The molecule has 0 unspecified atom stereocenters. The molecule has 2 heteroatoms. The first-order valence-corrected chi connectivity index (χ1v) is 6.79. The molecule has 1 rings (SSSR count). The van der Waals surface area contributed by atoms with Crippen LogP contribution in [-0.4, -0.2) is 16.5 Å². The molecule has 0 saturated heterocycles. The van der Waals surface area contributed by atoms with Crippen LogP contribution in [0.1, 0.15) is 62.0 Å². The lowest BCUT2D eigenvalue weighted by molar-refractivity contribution is 0.0487. The normalized spacial score (nSPS) is 11.6. The molecule has 0 atom stereocenters. The van der Waals surface area contributed by atoms with Crippen LogP contribution >= 0.6 is 0 Å². The molecule has 1 aromatic rings. The van der Waals surface area contributed by atoms with Gasteiger partial charge in [-0.25, -0.2) is 0 Å². The zero-order chi connectivity index (χ0) is 13.8. The molecule has 100 valence electrons. The van der Waals surface area contributed by atoms with Crippen LogP contribution in [0.2, 0.25) is 0 Å². The Morgan fingerprint density at radius 1 is 1.17 bits per heavy atom. The van der Waals surface area contributed by atoms with Crippen molar-refractivity contribution < 1.29 is 9.90 Å². The van der Waals surface area contributed by atoms with Crippen molar-refractivity contribution in [3.8, 4) is 0 Å². The minimum atomic E-state index is -1.30. The highest BCUT2D eigenvalue weighted by atomic mass is 16.3. The molecule has 0 saturated carbocycles. The number of benzene rings is 1. The van der Waals surface area contributed by atoms with Crippen LogP contribution in [0.3, 0.4) is 0 Å². The molecule has 0 aromatic heterocycles. The quantitative estimate of drug-likeness (QED) is 0.782. The van der Waals surface area contributed by atoms with Crippen LogP contribution in [0.4, 0.5) is 0 Å².